The molecule has 0 aromatic heterocycles. The molecule has 0 aliphatic rings. The number of nitrogens with one attached hydrogen (secondary N) is 1. The molecule has 1 aromatic rings. The molecule has 5 nitrogen and oxygen atoms in total. The smallest absolute Gasteiger partial charge is 0.412 e. The summed E-state index contributed by atoms with van der Waals surface area (Å²) in [7, 11) is 1.55. The van der Waals surface area contributed by atoms with Gasteiger partial charge in [-0.05, 0) is 39.3 Å². The van der Waals surface area contributed by atoms with Gasteiger partial charge in [-0.2, -0.15) is 0 Å². The topological polar surface area (TPSA) is 67.8 Å². The average Bonchev–Trinajstić information content (AvgIpc) is 2.27. The Balaban J connectivity index is 2.80. The van der Waals surface area contributed by atoms with Crippen molar-refractivity contribution in [2.24, 2.45) is 0 Å². The maximum absolute atomic E-state index is 11.7. The van der Waals surface area contributed by atoms with Crippen LogP contribution in [0.1, 0.15) is 33.3 Å². The third kappa shape index (κ3) is 5.48. The number of hydrogen-bond acceptors (Lipinski definition) is 4. The van der Waals surface area contributed by atoms with Crippen LogP contribution in [0.3, 0.4) is 0 Å². The van der Waals surface area contributed by atoms with Gasteiger partial charge < -0.3 is 14.6 Å². The van der Waals surface area contributed by atoms with E-state index in [1.165, 1.54) is 0 Å². The van der Waals surface area contributed by atoms with E-state index >= 15 is 0 Å². The number of amides is 1. The van der Waals surface area contributed by atoms with Gasteiger partial charge in [0.25, 0.3) is 0 Å². The SMILES string of the molecule is COc1cc(NC(=O)OC(C)(C)C)ccc1C[C@H](C)O. The summed E-state index contributed by atoms with van der Waals surface area (Å²) in [4.78, 5) is 11.7. The third-order valence-corrected chi connectivity index (χ3v) is 2.45. The number of aliphatic hydroxyl groups excluding tert-OH is 1. The first-order valence-electron chi connectivity index (χ1n) is 6.56. The van der Waals surface area contributed by atoms with Gasteiger partial charge in [-0.25, -0.2) is 4.79 Å². The Kier molecular flexibility index (Phi) is 5.39. The van der Waals surface area contributed by atoms with Gasteiger partial charge in [0.2, 0.25) is 0 Å². The molecule has 0 bridgehead atoms. The number of carbonyl (C=O) groups is 1. The number of aliphatic hydroxyl groups is 1. The van der Waals surface area contributed by atoms with Crippen molar-refractivity contribution in [2.45, 2.75) is 45.8 Å². The molecule has 112 valence electrons. The summed E-state index contributed by atoms with van der Waals surface area (Å²) >= 11 is 0. The lowest BCUT2D eigenvalue weighted by molar-refractivity contribution is 0.0636. The van der Waals surface area contributed by atoms with Crippen molar-refractivity contribution in [2.75, 3.05) is 12.4 Å². The third-order valence-electron chi connectivity index (χ3n) is 2.45. The molecule has 20 heavy (non-hydrogen) atoms. The molecule has 1 aromatic carbocycles. The standard InChI is InChI=1S/C15H23NO4/c1-10(17)8-11-6-7-12(9-13(11)19-5)16-14(18)20-15(2,3)4/h6-7,9-10,17H,8H2,1-5H3,(H,16,18)/t10-/m0/s1. The number of hydrogen-bond donors (Lipinski definition) is 2. The van der Waals surface area contributed by atoms with Crippen molar-refractivity contribution >= 4 is 11.8 Å². The summed E-state index contributed by atoms with van der Waals surface area (Å²) in [5.41, 5.74) is 0.933. The Labute approximate surface area is 119 Å². The van der Waals surface area contributed by atoms with E-state index in [2.05, 4.69) is 5.32 Å². The van der Waals surface area contributed by atoms with Gasteiger partial charge in [0.1, 0.15) is 11.4 Å². The molecule has 0 fully saturated rings. The normalized spacial score (nSPS) is 12.7. The fourth-order valence-corrected chi connectivity index (χ4v) is 1.73. The Morgan fingerprint density at radius 1 is 1.40 bits per heavy atom. The van der Waals surface area contributed by atoms with Gasteiger partial charge in [-0.15, -0.1) is 0 Å². The molecule has 0 unspecified atom stereocenters. The molecule has 1 amide bonds. The molecule has 0 saturated carbocycles. The highest BCUT2D eigenvalue weighted by Gasteiger charge is 2.16. The van der Waals surface area contributed by atoms with Crippen molar-refractivity contribution < 1.29 is 19.4 Å². The highest BCUT2D eigenvalue weighted by molar-refractivity contribution is 5.85. The van der Waals surface area contributed by atoms with Gasteiger partial charge in [0, 0.05) is 18.2 Å². The molecule has 0 radical (unpaired) electrons. The molecule has 1 rings (SSSR count). The van der Waals surface area contributed by atoms with E-state index in [0.717, 1.165) is 5.56 Å². The molecular formula is C15H23NO4. The van der Waals surface area contributed by atoms with E-state index in [-0.39, 0.29) is 0 Å². The zero-order valence-electron chi connectivity index (χ0n) is 12.7. The zero-order chi connectivity index (χ0) is 15.3. The second-order valence-corrected chi connectivity index (χ2v) is 5.71. The Morgan fingerprint density at radius 2 is 2.05 bits per heavy atom. The Morgan fingerprint density at radius 3 is 2.55 bits per heavy atom. The molecular weight excluding hydrogens is 258 g/mol. The number of methoxy groups -OCH3 is 1. The van der Waals surface area contributed by atoms with Crippen LogP contribution in [0.25, 0.3) is 0 Å². The van der Waals surface area contributed by atoms with E-state index < -0.39 is 17.8 Å². The van der Waals surface area contributed by atoms with Crippen LogP contribution in [-0.4, -0.2) is 30.0 Å². The van der Waals surface area contributed by atoms with Gasteiger partial charge in [0.15, 0.2) is 0 Å². The van der Waals surface area contributed by atoms with E-state index in [9.17, 15) is 9.90 Å². The van der Waals surface area contributed by atoms with Gasteiger partial charge in [-0.3, -0.25) is 5.32 Å². The highest BCUT2D eigenvalue weighted by Crippen LogP contribution is 2.25. The van der Waals surface area contributed by atoms with Crippen LogP contribution < -0.4 is 10.1 Å². The average molecular weight is 281 g/mol. The predicted molar refractivity (Wildman–Crippen MR) is 78.2 cm³/mol. The number of benzene rings is 1. The second-order valence-electron chi connectivity index (χ2n) is 5.71. The highest BCUT2D eigenvalue weighted by atomic mass is 16.6. The quantitative estimate of drug-likeness (QED) is 0.890. The van der Waals surface area contributed by atoms with E-state index in [0.29, 0.717) is 17.9 Å². The van der Waals surface area contributed by atoms with Crippen molar-refractivity contribution in [1.29, 1.82) is 0 Å². The summed E-state index contributed by atoms with van der Waals surface area (Å²) in [5.74, 6) is 0.624. The second kappa shape index (κ2) is 6.61. The number of anilines is 1. The fraction of sp³-hybridized carbons (Fsp3) is 0.533. The first kappa shape index (κ1) is 16.3. The Bertz CT molecular complexity index is 463. The lowest BCUT2D eigenvalue weighted by Gasteiger charge is -2.20. The minimum atomic E-state index is -0.541. The van der Waals surface area contributed by atoms with E-state index in [4.69, 9.17) is 9.47 Å². The van der Waals surface area contributed by atoms with Crippen molar-refractivity contribution in [3.63, 3.8) is 0 Å². The molecule has 2 N–H and O–H groups in total. The minimum Gasteiger partial charge on any atom is -0.496 e. The van der Waals surface area contributed by atoms with Gasteiger partial charge >= 0.3 is 6.09 Å². The first-order chi connectivity index (χ1) is 9.21. The number of ether oxygens (including phenoxy) is 2. The van der Waals surface area contributed by atoms with Crippen LogP contribution in [0.15, 0.2) is 18.2 Å². The largest absolute Gasteiger partial charge is 0.496 e. The predicted octanol–water partition coefficient (Wildman–Crippen LogP) is 2.97. The molecule has 0 aliphatic heterocycles. The molecule has 0 heterocycles. The lowest BCUT2D eigenvalue weighted by atomic mass is 10.1. The van der Waals surface area contributed by atoms with E-state index in [1.807, 2.05) is 6.07 Å². The van der Waals surface area contributed by atoms with Crippen LogP contribution >= 0.6 is 0 Å². The van der Waals surface area contributed by atoms with Crippen molar-refractivity contribution in [3.05, 3.63) is 23.8 Å². The molecule has 0 saturated heterocycles. The van der Waals surface area contributed by atoms with Crippen LogP contribution in [0, 0.1) is 0 Å². The summed E-state index contributed by atoms with van der Waals surface area (Å²) in [6.45, 7) is 7.13. The van der Waals surface area contributed by atoms with Crippen molar-refractivity contribution in [1.82, 2.24) is 0 Å². The monoisotopic (exact) mass is 281 g/mol. The maximum atomic E-state index is 11.7. The summed E-state index contributed by atoms with van der Waals surface area (Å²) in [6.07, 6.45) is -0.466. The minimum absolute atomic E-state index is 0.450. The first-order valence-corrected chi connectivity index (χ1v) is 6.56. The summed E-state index contributed by atoms with van der Waals surface area (Å²) in [5, 5.41) is 12.1. The zero-order valence-corrected chi connectivity index (χ0v) is 12.7. The van der Waals surface area contributed by atoms with E-state index in [1.54, 1.807) is 46.9 Å². The van der Waals surface area contributed by atoms with Gasteiger partial charge in [0.05, 0.1) is 13.2 Å². The van der Waals surface area contributed by atoms with Crippen LogP contribution in [0.5, 0.6) is 5.75 Å². The molecule has 0 aliphatic carbocycles. The number of carbonyl (C=O) groups excluding carboxylic acids is 1. The summed E-state index contributed by atoms with van der Waals surface area (Å²) < 4.78 is 10.4. The number of rotatable bonds is 4. The molecule has 1 atom stereocenters. The van der Waals surface area contributed by atoms with Gasteiger partial charge in [-0.1, -0.05) is 6.07 Å². The molecule has 0 spiro atoms. The molecule has 5 heteroatoms. The van der Waals surface area contributed by atoms with Crippen LogP contribution in [-0.2, 0) is 11.2 Å². The fourth-order valence-electron chi connectivity index (χ4n) is 1.73. The maximum Gasteiger partial charge on any atom is 0.412 e. The van der Waals surface area contributed by atoms with Crippen LogP contribution in [0.2, 0.25) is 0 Å². The lowest BCUT2D eigenvalue weighted by Crippen LogP contribution is -2.27. The van der Waals surface area contributed by atoms with Crippen molar-refractivity contribution in [3.8, 4) is 5.75 Å². The van der Waals surface area contributed by atoms with Crippen LogP contribution in [0.4, 0.5) is 10.5 Å². The summed E-state index contributed by atoms with van der Waals surface area (Å²) in [6, 6.07) is 5.28. The Hall–Kier alpha value is -1.75.